The summed E-state index contributed by atoms with van der Waals surface area (Å²) in [5, 5.41) is 19.1. The summed E-state index contributed by atoms with van der Waals surface area (Å²) in [5.41, 5.74) is 1.73. The lowest BCUT2D eigenvalue weighted by atomic mass is 10.2. The molecule has 3 N–H and O–H groups in total. The maximum atomic E-state index is 11.9. The molecule has 1 aliphatic heterocycles. The van der Waals surface area contributed by atoms with Crippen molar-refractivity contribution in [2.75, 3.05) is 25.0 Å². The van der Waals surface area contributed by atoms with Crippen molar-refractivity contribution >= 4 is 35.1 Å². The minimum absolute atomic E-state index is 0.0168. The molecule has 0 atom stereocenters. The molecule has 0 saturated carbocycles. The molecule has 2 rings (SSSR count). The molecule has 1 fully saturated rings. The van der Waals surface area contributed by atoms with Crippen LogP contribution in [0.1, 0.15) is 18.4 Å². The fraction of sp³-hybridized carbons (Fsp3) is 0.353. The number of carbonyl (C=O) groups is 3. The fourth-order valence-electron chi connectivity index (χ4n) is 2.26. The number of carboxylic acids is 2. The number of hydrogen-bond acceptors (Lipinski definition) is 4. The van der Waals surface area contributed by atoms with E-state index in [0.29, 0.717) is 23.7 Å². The van der Waals surface area contributed by atoms with Gasteiger partial charge in [-0.2, -0.15) is 0 Å². The highest BCUT2D eigenvalue weighted by Gasteiger charge is 2.16. The number of carboxylic acid groups (broad SMARTS) is 2. The van der Waals surface area contributed by atoms with E-state index < -0.39 is 11.9 Å². The standard InChI is InChI=1S/C13H17ClN2O.C4H4O4/c1-10-5-4-6-11(14)13(10)15-12(17)9-16-7-2-3-8-16;5-3(6)1-2-4(7)8/h4-6H,2-3,7-9H2,1H3,(H,15,17);1-2H,(H,5,6)(H,7,8). The molecule has 1 aromatic carbocycles. The Morgan fingerprint density at radius 1 is 1.16 bits per heavy atom. The van der Waals surface area contributed by atoms with E-state index in [0.717, 1.165) is 24.3 Å². The normalized spacial score (nSPS) is 14.0. The molecule has 25 heavy (non-hydrogen) atoms. The van der Waals surface area contributed by atoms with Crippen LogP contribution in [0.25, 0.3) is 0 Å². The number of carbonyl (C=O) groups excluding carboxylic acids is 1. The van der Waals surface area contributed by atoms with Gasteiger partial charge in [0.1, 0.15) is 0 Å². The van der Waals surface area contributed by atoms with Crippen LogP contribution in [0.3, 0.4) is 0 Å². The lowest BCUT2D eigenvalue weighted by Crippen LogP contribution is -2.31. The number of hydrogen-bond donors (Lipinski definition) is 3. The monoisotopic (exact) mass is 368 g/mol. The van der Waals surface area contributed by atoms with Crippen LogP contribution in [0.4, 0.5) is 5.69 Å². The number of anilines is 1. The Kier molecular flexibility index (Phi) is 8.66. The lowest BCUT2D eigenvalue weighted by Gasteiger charge is -2.15. The molecule has 1 amide bonds. The van der Waals surface area contributed by atoms with Crippen LogP contribution in [0.2, 0.25) is 5.02 Å². The van der Waals surface area contributed by atoms with Crippen LogP contribution in [-0.4, -0.2) is 52.6 Å². The zero-order chi connectivity index (χ0) is 18.8. The van der Waals surface area contributed by atoms with E-state index >= 15 is 0 Å². The fourth-order valence-corrected chi connectivity index (χ4v) is 2.52. The number of nitrogens with zero attached hydrogens (tertiary/aromatic N) is 1. The van der Waals surface area contributed by atoms with E-state index in [2.05, 4.69) is 10.2 Å². The van der Waals surface area contributed by atoms with E-state index in [9.17, 15) is 14.4 Å². The number of aryl methyl sites for hydroxylation is 1. The molecule has 1 heterocycles. The molecule has 0 radical (unpaired) electrons. The quantitative estimate of drug-likeness (QED) is 0.689. The maximum absolute atomic E-state index is 11.9. The Morgan fingerprint density at radius 3 is 2.20 bits per heavy atom. The van der Waals surface area contributed by atoms with Crippen LogP contribution in [0.15, 0.2) is 30.4 Å². The third-order valence-corrected chi connectivity index (χ3v) is 3.74. The Hall–Kier alpha value is -2.38. The van der Waals surface area contributed by atoms with Crippen LogP contribution in [0, 0.1) is 6.92 Å². The van der Waals surface area contributed by atoms with Crippen molar-refractivity contribution in [2.45, 2.75) is 19.8 Å². The van der Waals surface area contributed by atoms with Gasteiger partial charge in [-0.05, 0) is 44.5 Å². The van der Waals surface area contributed by atoms with Crippen molar-refractivity contribution in [2.24, 2.45) is 0 Å². The Morgan fingerprint density at radius 2 is 1.72 bits per heavy atom. The number of likely N-dealkylation sites (tertiary alicyclic amines) is 1. The second-order valence-electron chi connectivity index (χ2n) is 5.47. The molecule has 0 aromatic heterocycles. The van der Waals surface area contributed by atoms with Crippen molar-refractivity contribution in [3.05, 3.63) is 40.9 Å². The first-order valence-electron chi connectivity index (χ1n) is 7.71. The van der Waals surface area contributed by atoms with E-state index in [1.54, 1.807) is 6.07 Å². The predicted molar refractivity (Wildman–Crippen MR) is 94.9 cm³/mol. The van der Waals surface area contributed by atoms with Gasteiger partial charge in [0.2, 0.25) is 5.91 Å². The van der Waals surface area contributed by atoms with Crippen molar-refractivity contribution in [1.82, 2.24) is 4.90 Å². The van der Waals surface area contributed by atoms with Crippen molar-refractivity contribution in [1.29, 1.82) is 0 Å². The topological polar surface area (TPSA) is 107 Å². The van der Waals surface area contributed by atoms with Gasteiger partial charge in [-0.25, -0.2) is 9.59 Å². The summed E-state index contributed by atoms with van der Waals surface area (Å²) >= 11 is 6.06. The molecular formula is C17H21ClN2O5. The molecule has 1 saturated heterocycles. The summed E-state index contributed by atoms with van der Waals surface area (Å²) < 4.78 is 0. The first kappa shape index (κ1) is 20.7. The average Bonchev–Trinajstić information content (AvgIpc) is 3.02. The number of para-hydroxylation sites is 1. The van der Waals surface area contributed by atoms with E-state index in [4.69, 9.17) is 21.8 Å². The molecule has 1 aromatic rings. The van der Waals surface area contributed by atoms with E-state index in [-0.39, 0.29) is 5.91 Å². The SMILES string of the molecule is Cc1cccc(Cl)c1NC(=O)CN1CCCC1.O=C(O)C=CC(=O)O. The third kappa shape index (κ3) is 8.32. The lowest BCUT2D eigenvalue weighted by molar-refractivity contribution is -0.134. The van der Waals surface area contributed by atoms with Crippen LogP contribution < -0.4 is 5.32 Å². The highest BCUT2D eigenvalue weighted by molar-refractivity contribution is 6.33. The second kappa shape index (κ2) is 10.5. The van der Waals surface area contributed by atoms with Crippen molar-refractivity contribution < 1.29 is 24.6 Å². The van der Waals surface area contributed by atoms with Gasteiger partial charge in [-0.3, -0.25) is 9.69 Å². The average molecular weight is 369 g/mol. The van der Waals surface area contributed by atoms with Crippen LogP contribution in [0.5, 0.6) is 0 Å². The summed E-state index contributed by atoms with van der Waals surface area (Å²) in [6, 6.07) is 5.62. The van der Waals surface area contributed by atoms with Gasteiger partial charge in [0.05, 0.1) is 17.3 Å². The molecular weight excluding hydrogens is 348 g/mol. The molecule has 1 aliphatic rings. The van der Waals surface area contributed by atoms with Crippen molar-refractivity contribution in [3.63, 3.8) is 0 Å². The Balaban J connectivity index is 0.000000333. The first-order chi connectivity index (χ1) is 11.8. The molecule has 0 aliphatic carbocycles. The molecule has 0 spiro atoms. The van der Waals surface area contributed by atoms with E-state index in [1.165, 1.54) is 12.8 Å². The molecule has 0 unspecified atom stereocenters. The summed E-state index contributed by atoms with van der Waals surface area (Å²) in [4.78, 5) is 33.1. The van der Waals surface area contributed by atoms with Gasteiger partial charge in [-0.15, -0.1) is 0 Å². The minimum atomic E-state index is -1.26. The summed E-state index contributed by atoms with van der Waals surface area (Å²) in [5.74, 6) is -2.50. The summed E-state index contributed by atoms with van der Waals surface area (Å²) in [6.45, 7) is 4.45. The van der Waals surface area contributed by atoms with Crippen molar-refractivity contribution in [3.8, 4) is 0 Å². The summed E-state index contributed by atoms with van der Waals surface area (Å²) in [6.07, 6.45) is 3.50. The number of amides is 1. The number of halogens is 1. The molecule has 0 bridgehead atoms. The Labute approximate surface area is 150 Å². The van der Waals surface area contributed by atoms with Gasteiger partial charge < -0.3 is 15.5 Å². The second-order valence-corrected chi connectivity index (χ2v) is 5.88. The predicted octanol–water partition coefficient (Wildman–Crippen LogP) is 2.39. The Bertz CT molecular complexity index is 618. The molecule has 7 nitrogen and oxygen atoms in total. The zero-order valence-electron chi connectivity index (χ0n) is 13.9. The van der Waals surface area contributed by atoms with E-state index in [1.807, 2.05) is 19.1 Å². The van der Waals surface area contributed by atoms with Gasteiger partial charge in [0, 0.05) is 12.2 Å². The largest absolute Gasteiger partial charge is 0.478 e. The smallest absolute Gasteiger partial charge is 0.328 e. The highest BCUT2D eigenvalue weighted by atomic mass is 35.5. The highest BCUT2D eigenvalue weighted by Crippen LogP contribution is 2.25. The van der Waals surface area contributed by atoms with Gasteiger partial charge in [0.25, 0.3) is 0 Å². The number of nitrogens with one attached hydrogen (secondary N) is 1. The van der Waals surface area contributed by atoms with Crippen LogP contribution >= 0.6 is 11.6 Å². The first-order valence-corrected chi connectivity index (χ1v) is 8.08. The maximum Gasteiger partial charge on any atom is 0.328 e. The molecule has 8 heteroatoms. The van der Waals surface area contributed by atoms with Gasteiger partial charge >= 0.3 is 11.9 Å². The van der Waals surface area contributed by atoms with Crippen LogP contribution in [-0.2, 0) is 14.4 Å². The molecule has 136 valence electrons. The zero-order valence-corrected chi connectivity index (χ0v) is 14.6. The van der Waals surface area contributed by atoms with Gasteiger partial charge in [0.15, 0.2) is 0 Å². The number of aliphatic carboxylic acids is 2. The third-order valence-electron chi connectivity index (χ3n) is 3.42. The minimum Gasteiger partial charge on any atom is -0.478 e. The summed E-state index contributed by atoms with van der Waals surface area (Å²) in [7, 11) is 0. The number of benzene rings is 1. The number of rotatable bonds is 5. The van der Waals surface area contributed by atoms with Gasteiger partial charge in [-0.1, -0.05) is 23.7 Å².